The SMILES string of the molecule is N=C(N)c1cc2c(nc1SC1CCOCC1)CCCC2. The summed E-state index contributed by atoms with van der Waals surface area (Å²) in [4.78, 5) is 4.83. The summed E-state index contributed by atoms with van der Waals surface area (Å²) in [6.45, 7) is 1.66. The normalized spacial score (nSPS) is 19.6. The summed E-state index contributed by atoms with van der Waals surface area (Å²) in [7, 11) is 0. The average Bonchev–Trinajstić information content (AvgIpc) is 2.47. The van der Waals surface area contributed by atoms with Crippen LogP contribution in [0.15, 0.2) is 11.1 Å². The van der Waals surface area contributed by atoms with Crippen molar-refractivity contribution in [2.45, 2.75) is 48.8 Å². The number of nitrogen functional groups attached to an aromatic ring is 1. The molecular formula is C15H21N3OS. The lowest BCUT2D eigenvalue weighted by Gasteiger charge is -2.23. The van der Waals surface area contributed by atoms with Crippen LogP contribution >= 0.6 is 11.8 Å². The van der Waals surface area contributed by atoms with Gasteiger partial charge in [0.2, 0.25) is 0 Å². The summed E-state index contributed by atoms with van der Waals surface area (Å²) in [5.74, 6) is 0.139. The summed E-state index contributed by atoms with van der Waals surface area (Å²) in [6, 6.07) is 2.10. The highest BCUT2D eigenvalue weighted by molar-refractivity contribution is 7.99. The van der Waals surface area contributed by atoms with Gasteiger partial charge in [-0.1, -0.05) is 0 Å². The van der Waals surface area contributed by atoms with Crippen molar-refractivity contribution < 1.29 is 4.74 Å². The van der Waals surface area contributed by atoms with Gasteiger partial charge in [0.15, 0.2) is 0 Å². The number of fused-ring (bicyclic) bond motifs is 1. The first-order valence-corrected chi connectivity index (χ1v) is 8.23. The van der Waals surface area contributed by atoms with E-state index in [1.165, 1.54) is 24.1 Å². The van der Waals surface area contributed by atoms with Crippen molar-refractivity contribution in [1.82, 2.24) is 4.98 Å². The van der Waals surface area contributed by atoms with Crippen LogP contribution in [0.25, 0.3) is 0 Å². The number of ether oxygens (including phenoxy) is 1. The van der Waals surface area contributed by atoms with Crippen LogP contribution in [0.2, 0.25) is 0 Å². The number of thioether (sulfide) groups is 1. The van der Waals surface area contributed by atoms with Crippen molar-refractivity contribution in [3.63, 3.8) is 0 Å². The van der Waals surface area contributed by atoms with E-state index in [-0.39, 0.29) is 5.84 Å². The molecule has 0 aromatic carbocycles. The number of rotatable bonds is 3. The topological polar surface area (TPSA) is 72.0 Å². The third-order valence-electron chi connectivity index (χ3n) is 4.00. The molecule has 1 aromatic heterocycles. The zero-order chi connectivity index (χ0) is 13.9. The van der Waals surface area contributed by atoms with Gasteiger partial charge in [-0.3, -0.25) is 5.41 Å². The highest BCUT2D eigenvalue weighted by Gasteiger charge is 2.21. The van der Waals surface area contributed by atoms with Crippen LogP contribution < -0.4 is 5.73 Å². The fourth-order valence-electron chi connectivity index (χ4n) is 2.85. The van der Waals surface area contributed by atoms with E-state index in [0.29, 0.717) is 5.25 Å². The Morgan fingerprint density at radius 2 is 2.05 bits per heavy atom. The number of aromatic nitrogens is 1. The van der Waals surface area contributed by atoms with Gasteiger partial charge in [0.1, 0.15) is 10.9 Å². The van der Waals surface area contributed by atoms with Crippen LogP contribution in [0.4, 0.5) is 0 Å². The Morgan fingerprint density at radius 1 is 1.30 bits per heavy atom. The molecule has 1 aromatic rings. The largest absolute Gasteiger partial charge is 0.384 e. The van der Waals surface area contributed by atoms with E-state index in [0.717, 1.165) is 49.5 Å². The second-order valence-electron chi connectivity index (χ2n) is 5.50. The molecule has 0 unspecified atom stereocenters. The van der Waals surface area contributed by atoms with Gasteiger partial charge in [0, 0.05) is 29.7 Å². The first-order valence-electron chi connectivity index (χ1n) is 7.35. The molecule has 0 radical (unpaired) electrons. The van der Waals surface area contributed by atoms with Gasteiger partial charge in [-0.05, 0) is 50.2 Å². The van der Waals surface area contributed by atoms with Crippen LogP contribution in [0.1, 0.15) is 42.5 Å². The maximum atomic E-state index is 7.81. The van der Waals surface area contributed by atoms with Crippen molar-refractivity contribution in [3.8, 4) is 0 Å². The van der Waals surface area contributed by atoms with E-state index in [2.05, 4.69) is 6.07 Å². The van der Waals surface area contributed by atoms with Gasteiger partial charge in [-0.25, -0.2) is 4.98 Å². The number of aryl methyl sites for hydroxylation is 2. The van der Waals surface area contributed by atoms with Crippen LogP contribution in [-0.4, -0.2) is 29.3 Å². The van der Waals surface area contributed by atoms with Crippen molar-refractivity contribution in [3.05, 3.63) is 22.9 Å². The molecule has 1 fully saturated rings. The van der Waals surface area contributed by atoms with E-state index >= 15 is 0 Å². The van der Waals surface area contributed by atoms with Crippen molar-refractivity contribution in [2.75, 3.05) is 13.2 Å². The van der Waals surface area contributed by atoms with E-state index < -0.39 is 0 Å². The number of amidine groups is 1. The summed E-state index contributed by atoms with van der Waals surface area (Å²) in [5, 5.41) is 9.30. The Labute approximate surface area is 124 Å². The molecule has 1 saturated heterocycles. The zero-order valence-electron chi connectivity index (χ0n) is 11.7. The second-order valence-corrected chi connectivity index (χ2v) is 6.79. The van der Waals surface area contributed by atoms with E-state index in [9.17, 15) is 0 Å². The number of nitrogens with zero attached hydrogens (tertiary/aromatic N) is 1. The zero-order valence-corrected chi connectivity index (χ0v) is 12.5. The monoisotopic (exact) mass is 291 g/mol. The van der Waals surface area contributed by atoms with Gasteiger partial charge < -0.3 is 10.5 Å². The molecule has 1 aliphatic carbocycles. The first kappa shape index (κ1) is 13.9. The van der Waals surface area contributed by atoms with Crippen LogP contribution in [0, 0.1) is 5.41 Å². The van der Waals surface area contributed by atoms with Gasteiger partial charge in [-0.2, -0.15) is 0 Å². The molecule has 5 heteroatoms. The first-order chi connectivity index (χ1) is 9.74. The van der Waals surface area contributed by atoms with Crippen LogP contribution in [0.5, 0.6) is 0 Å². The summed E-state index contributed by atoms with van der Waals surface area (Å²) in [6.07, 6.45) is 6.69. The van der Waals surface area contributed by atoms with Crippen LogP contribution in [-0.2, 0) is 17.6 Å². The summed E-state index contributed by atoms with van der Waals surface area (Å²) in [5.41, 5.74) is 9.09. The minimum absolute atomic E-state index is 0.139. The summed E-state index contributed by atoms with van der Waals surface area (Å²) >= 11 is 1.78. The van der Waals surface area contributed by atoms with Crippen LogP contribution in [0.3, 0.4) is 0 Å². The number of hydrogen-bond donors (Lipinski definition) is 2. The highest BCUT2D eigenvalue weighted by Crippen LogP contribution is 2.33. The maximum absolute atomic E-state index is 7.81. The maximum Gasteiger partial charge on any atom is 0.125 e. The Hall–Kier alpha value is -1.07. The lowest BCUT2D eigenvalue weighted by Crippen LogP contribution is -2.20. The molecule has 0 amide bonds. The predicted octanol–water partition coefficient (Wildman–Crippen LogP) is 2.52. The molecule has 0 saturated carbocycles. The third kappa shape index (κ3) is 2.99. The van der Waals surface area contributed by atoms with Gasteiger partial charge in [-0.15, -0.1) is 11.8 Å². The Balaban J connectivity index is 1.88. The Morgan fingerprint density at radius 3 is 2.80 bits per heavy atom. The molecule has 3 rings (SSSR count). The highest BCUT2D eigenvalue weighted by atomic mass is 32.2. The molecule has 108 valence electrons. The molecule has 2 heterocycles. The molecule has 0 spiro atoms. The van der Waals surface area contributed by atoms with E-state index in [4.69, 9.17) is 20.9 Å². The lowest BCUT2D eigenvalue weighted by atomic mass is 9.95. The fourth-order valence-corrected chi connectivity index (χ4v) is 4.05. The number of nitrogens with one attached hydrogen (secondary N) is 1. The molecule has 1 aliphatic heterocycles. The van der Waals surface area contributed by atoms with E-state index in [1.807, 2.05) is 0 Å². The van der Waals surface area contributed by atoms with Gasteiger partial charge >= 0.3 is 0 Å². The fraction of sp³-hybridized carbons (Fsp3) is 0.600. The van der Waals surface area contributed by atoms with E-state index in [1.54, 1.807) is 11.8 Å². The van der Waals surface area contributed by atoms with Crippen molar-refractivity contribution in [1.29, 1.82) is 5.41 Å². The van der Waals surface area contributed by atoms with Gasteiger partial charge in [0.05, 0.1) is 0 Å². The van der Waals surface area contributed by atoms with Gasteiger partial charge in [0.25, 0.3) is 0 Å². The average molecular weight is 291 g/mol. The van der Waals surface area contributed by atoms with Crippen molar-refractivity contribution in [2.24, 2.45) is 5.73 Å². The number of nitrogens with two attached hydrogens (primary N) is 1. The lowest BCUT2D eigenvalue weighted by molar-refractivity contribution is 0.1000. The Kier molecular flexibility index (Phi) is 4.27. The molecule has 3 N–H and O–H groups in total. The molecule has 0 atom stereocenters. The molecule has 4 nitrogen and oxygen atoms in total. The quantitative estimate of drug-likeness (QED) is 0.663. The standard InChI is InChI=1S/C15H21N3OS/c16-14(17)12-9-10-3-1-2-4-13(10)18-15(12)20-11-5-7-19-8-6-11/h9,11H,1-8H2,(H3,16,17). The number of pyridine rings is 1. The minimum Gasteiger partial charge on any atom is -0.384 e. The predicted molar refractivity (Wildman–Crippen MR) is 81.6 cm³/mol. The molecule has 0 bridgehead atoms. The number of hydrogen-bond acceptors (Lipinski definition) is 4. The molecule has 2 aliphatic rings. The molecular weight excluding hydrogens is 270 g/mol. The van der Waals surface area contributed by atoms with Crippen molar-refractivity contribution >= 4 is 17.6 Å². The molecule has 20 heavy (non-hydrogen) atoms. The minimum atomic E-state index is 0.139. The smallest absolute Gasteiger partial charge is 0.125 e. The second kappa shape index (κ2) is 6.14. The third-order valence-corrected chi connectivity index (χ3v) is 5.34. The summed E-state index contributed by atoms with van der Waals surface area (Å²) < 4.78 is 5.40. The Bertz CT molecular complexity index is 512.